The summed E-state index contributed by atoms with van der Waals surface area (Å²) in [6.07, 6.45) is 3.43. The Kier molecular flexibility index (Phi) is 3.17. The van der Waals surface area contributed by atoms with Gasteiger partial charge in [0.2, 0.25) is 0 Å². The predicted molar refractivity (Wildman–Crippen MR) is 74.9 cm³/mol. The van der Waals surface area contributed by atoms with Crippen LogP contribution in [0.5, 0.6) is 0 Å². The summed E-state index contributed by atoms with van der Waals surface area (Å²) in [7, 11) is 0. The second-order valence-electron chi connectivity index (χ2n) is 5.05. The zero-order valence-electron chi connectivity index (χ0n) is 10.7. The molecule has 0 atom stereocenters. The van der Waals surface area contributed by atoms with Gasteiger partial charge in [0, 0.05) is 30.7 Å². The average molecular weight is 255 g/mol. The van der Waals surface area contributed by atoms with Gasteiger partial charge in [0.15, 0.2) is 0 Å². The smallest absolute Gasteiger partial charge is 0.255 e. The summed E-state index contributed by atoms with van der Waals surface area (Å²) in [6, 6.07) is 9.98. The molecule has 1 saturated heterocycles. The highest BCUT2D eigenvalue weighted by atomic mass is 16.2. The zero-order valence-corrected chi connectivity index (χ0v) is 10.7. The van der Waals surface area contributed by atoms with E-state index in [0.29, 0.717) is 5.56 Å². The van der Waals surface area contributed by atoms with E-state index in [0.717, 1.165) is 36.8 Å². The van der Waals surface area contributed by atoms with Crippen molar-refractivity contribution in [2.24, 2.45) is 5.73 Å². The number of pyridine rings is 1. The number of nitrogens with zero attached hydrogens (tertiary/aromatic N) is 2. The fraction of sp³-hybridized carbons (Fsp3) is 0.333. The van der Waals surface area contributed by atoms with Crippen LogP contribution in [0.4, 0.5) is 0 Å². The number of carbonyl (C=O) groups is 1. The Morgan fingerprint density at radius 2 is 2.00 bits per heavy atom. The SMILES string of the molecule is NC1CCN(C(=O)c2cnc3ccccc3c2)CC1. The molecule has 0 spiro atoms. The number of hydrogen-bond acceptors (Lipinski definition) is 3. The monoisotopic (exact) mass is 255 g/mol. The molecule has 1 aromatic heterocycles. The molecular formula is C15H17N3O. The van der Waals surface area contributed by atoms with Gasteiger partial charge in [0.25, 0.3) is 5.91 Å². The van der Waals surface area contributed by atoms with Crippen LogP contribution in [0.25, 0.3) is 10.9 Å². The normalized spacial score (nSPS) is 16.8. The number of amides is 1. The summed E-state index contributed by atoms with van der Waals surface area (Å²) in [6.45, 7) is 1.49. The minimum atomic E-state index is 0.0603. The first-order valence-corrected chi connectivity index (χ1v) is 6.64. The molecule has 1 fully saturated rings. The Morgan fingerprint density at radius 1 is 1.26 bits per heavy atom. The van der Waals surface area contributed by atoms with Crippen LogP contribution in [-0.4, -0.2) is 34.9 Å². The third-order valence-corrected chi connectivity index (χ3v) is 3.66. The quantitative estimate of drug-likeness (QED) is 0.845. The minimum Gasteiger partial charge on any atom is -0.338 e. The molecule has 2 heterocycles. The van der Waals surface area contributed by atoms with E-state index >= 15 is 0 Å². The lowest BCUT2D eigenvalue weighted by molar-refractivity contribution is 0.0714. The molecule has 1 aliphatic heterocycles. The maximum Gasteiger partial charge on any atom is 0.255 e. The van der Waals surface area contributed by atoms with E-state index in [1.165, 1.54) is 0 Å². The Labute approximate surface area is 112 Å². The lowest BCUT2D eigenvalue weighted by Crippen LogP contribution is -2.42. The van der Waals surface area contributed by atoms with Crippen LogP contribution in [-0.2, 0) is 0 Å². The van der Waals surface area contributed by atoms with Crippen LogP contribution in [0.3, 0.4) is 0 Å². The number of aromatic nitrogens is 1. The van der Waals surface area contributed by atoms with Gasteiger partial charge >= 0.3 is 0 Å². The largest absolute Gasteiger partial charge is 0.338 e. The number of rotatable bonds is 1. The second-order valence-corrected chi connectivity index (χ2v) is 5.05. The Hall–Kier alpha value is -1.94. The number of likely N-dealkylation sites (tertiary alicyclic amines) is 1. The van der Waals surface area contributed by atoms with Crippen molar-refractivity contribution in [2.75, 3.05) is 13.1 Å². The van der Waals surface area contributed by atoms with Crippen molar-refractivity contribution in [3.8, 4) is 0 Å². The molecule has 0 bridgehead atoms. The number of fused-ring (bicyclic) bond motifs is 1. The van der Waals surface area contributed by atoms with E-state index in [9.17, 15) is 4.79 Å². The molecule has 98 valence electrons. The molecule has 0 saturated carbocycles. The Balaban J connectivity index is 1.85. The first kappa shape index (κ1) is 12.1. The first-order chi connectivity index (χ1) is 9.24. The summed E-state index contributed by atoms with van der Waals surface area (Å²) in [5, 5.41) is 1.00. The number of para-hydroxylation sites is 1. The molecule has 1 aliphatic rings. The third kappa shape index (κ3) is 2.44. The van der Waals surface area contributed by atoms with E-state index in [4.69, 9.17) is 5.73 Å². The van der Waals surface area contributed by atoms with Gasteiger partial charge in [-0.1, -0.05) is 18.2 Å². The lowest BCUT2D eigenvalue weighted by Gasteiger charge is -2.30. The molecule has 2 N–H and O–H groups in total. The van der Waals surface area contributed by atoms with Gasteiger partial charge in [-0.05, 0) is 25.0 Å². The minimum absolute atomic E-state index is 0.0603. The van der Waals surface area contributed by atoms with Gasteiger partial charge in [-0.3, -0.25) is 9.78 Å². The average Bonchev–Trinajstić information content (AvgIpc) is 2.47. The maximum atomic E-state index is 12.4. The number of piperidine rings is 1. The second kappa shape index (κ2) is 4.97. The standard InChI is InChI=1S/C15H17N3O/c16-13-5-7-18(8-6-13)15(19)12-9-11-3-1-2-4-14(11)17-10-12/h1-4,9-10,13H,5-8,16H2. The van der Waals surface area contributed by atoms with Crippen molar-refractivity contribution in [2.45, 2.75) is 18.9 Å². The molecule has 2 aromatic rings. The lowest BCUT2D eigenvalue weighted by atomic mass is 10.0. The van der Waals surface area contributed by atoms with Gasteiger partial charge in [-0.15, -0.1) is 0 Å². The van der Waals surface area contributed by atoms with Crippen molar-refractivity contribution < 1.29 is 4.79 Å². The van der Waals surface area contributed by atoms with Crippen LogP contribution in [0, 0.1) is 0 Å². The molecule has 0 unspecified atom stereocenters. The van der Waals surface area contributed by atoms with Gasteiger partial charge in [0.05, 0.1) is 11.1 Å². The van der Waals surface area contributed by atoms with Gasteiger partial charge < -0.3 is 10.6 Å². The predicted octanol–water partition coefficient (Wildman–Crippen LogP) is 1.80. The van der Waals surface area contributed by atoms with Crippen LogP contribution < -0.4 is 5.73 Å². The van der Waals surface area contributed by atoms with Crippen LogP contribution in [0.15, 0.2) is 36.5 Å². The summed E-state index contributed by atoms with van der Waals surface area (Å²) < 4.78 is 0. The first-order valence-electron chi connectivity index (χ1n) is 6.64. The highest BCUT2D eigenvalue weighted by Crippen LogP contribution is 2.16. The molecule has 0 aliphatic carbocycles. The van der Waals surface area contributed by atoms with Crippen molar-refractivity contribution in [3.05, 3.63) is 42.1 Å². The molecule has 19 heavy (non-hydrogen) atoms. The van der Waals surface area contributed by atoms with Crippen molar-refractivity contribution >= 4 is 16.8 Å². The maximum absolute atomic E-state index is 12.4. The Bertz CT molecular complexity index is 603. The van der Waals surface area contributed by atoms with Gasteiger partial charge in [0.1, 0.15) is 0 Å². The number of hydrogen-bond donors (Lipinski definition) is 1. The van der Waals surface area contributed by atoms with Crippen LogP contribution in [0.2, 0.25) is 0 Å². The van der Waals surface area contributed by atoms with Crippen LogP contribution >= 0.6 is 0 Å². The van der Waals surface area contributed by atoms with Gasteiger partial charge in [-0.2, -0.15) is 0 Å². The molecule has 3 rings (SSSR count). The number of benzene rings is 1. The van der Waals surface area contributed by atoms with E-state index in [-0.39, 0.29) is 11.9 Å². The summed E-state index contributed by atoms with van der Waals surface area (Å²) in [5.74, 6) is 0.0603. The summed E-state index contributed by atoms with van der Waals surface area (Å²) in [4.78, 5) is 18.6. The highest BCUT2D eigenvalue weighted by molar-refractivity contribution is 5.97. The third-order valence-electron chi connectivity index (χ3n) is 3.66. The molecule has 1 aromatic carbocycles. The fourth-order valence-corrected chi connectivity index (χ4v) is 2.47. The number of carbonyl (C=O) groups excluding carboxylic acids is 1. The van der Waals surface area contributed by atoms with Crippen molar-refractivity contribution in [1.82, 2.24) is 9.88 Å². The highest BCUT2D eigenvalue weighted by Gasteiger charge is 2.21. The van der Waals surface area contributed by atoms with Crippen molar-refractivity contribution in [1.29, 1.82) is 0 Å². The molecule has 0 radical (unpaired) electrons. The molecule has 4 nitrogen and oxygen atoms in total. The number of nitrogens with two attached hydrogens (primary N) is 1. The molecule has 1 amide bonds. The zero-order chi connectivity index (χ0) is 13.2. The van der Waals surface area contributed by atoms with Crippen LogP contribution in [0.1, 0.15) is 23.2 Å². The van der Waals surface area contributed by atoms with E-state index in [2.05, 4.69) is 4.98 Å². The summed E-state index contributed by atoms with van der Waals surface area (Å²) >= 11 is 0. The van der Waals surface area contributed by atoms with Gasteiger partial charge in [-0.25, -0.2) is 0 Å². The topological polar surface area (TPSA) is 59.2 Å². The van der Waals surface area contributed by atoms with E-state index in [1.54, 1.807) is 6.20 Å². The fourth-order valence-electron chi connectivity index (χ4n) is 2.47. The van der Waals surface area contributed by atoms with E-state index in [1.807, 2.05) is 35.2 Å². The molecule has 4 heteroatoms. The van der Waals surface area contributed by atoms with E-state index < -0.39 is 0 Å². The van der Waals surface area contributed by atoms with Crippen molar-refractivity contribution in [3.63, 3.8) is 0 Å². The molecular weight excluding hydrogens is 238 g/mol. The summed E-state index contributed by atoms with van der Waals surface area (Å²) in [5.41, 5.74) is 7.44. The Morgan fingerprint density at radius 3 is 2.79 bits per heavy atom.